The standard InChI is InChI=1S/C13H16N2O.C7H6N2OS/c14-13(16)15-12-10-5-1-3-8(10)7-9-4-2-6-11(9)12;8-6-9-11(10)7-4-2-1-3-5-7/h7H,1-6H2,(H3,14,15,16);1-5,9H. The van der Waals surface area contributed by atoms with E-state index in [1.165, 1.54) is 35.1 Å². The maximum absolute atomic E-state index is 11.1. The van der Waals surface area contributed by atoms with E-state index in [9.17, 15) is 9.00 Å². The van der Waals surface area contributed by atoms with Gasteiger partial charge in [-0.25, -0.2) is 13.7 Å². The number of hydrogen-bond donors (Lipinski definition) is 3. The number of rotatable bonds is 3. The highest BCUT2D eigenvalue weighted by molar-refractivity contribution is 7.83. The Morgan fingerprint density at radius 3 is 2.15 bits per heavy atom. The molecule has 2 aromatic carbocycles. The molecule has 1 unspecified atom stereocenters. The van der Waals surface area contributed by atoms with Crippen molar-refractivity contribution in [3.63, 3.8) is 0 Å². The number of primary amides is 1. The van der Waals surface area contributed by atoms with Crippen LogP contribution < -0.4 is 15.8 Å². The van der Waals surface area contributed by atoms with Crippen molar-refractivity contribution in [2.45, 2.75) is 43.4 Å². The second kappa shape index (κ2) is 8.69. The third kappa shape index (κ3) is 4.47. The van der Waals surface area contributed by atoms with Gasteiger partial charge < -0.3 is 11.1 Å². The lowest BCUT2D eigenvalue weighted by Crippen LogP contribution is -2.21. The summed E-state index contributed by atoms with van der Waals surface area (Å²) in [7, 11) is -1.39. The van der Waals surface area contributed by atoms with Gasteiger partial charge in [0.15, 0.2) is 17.2 Å². The van der Waals surface area contributed by atoms with E-state index in [2.05, 4.69) is 16.1 Å². The third-order valence-corrected chi connectivity index (χ3v) is 5.79. The number of nitrogens with zero attached hydrogens (tertiary/aromatic N) is 1. The largest absolute Gasteiger partial charge is 0.351 e. The van der Waals surface area contributed by atoms with Crippen molar-refractivity contribution < 1.29 is 9.00 Å². The monoisotopic (exact) mass is 382 g/mol. The van der Waals surface area contributed by atoms with Crippen LogP contribution in [-0.2, 0) is 36.7 Å². The zero-order chi connectivity index (χ0) is 19.2. The summed E-state index contributed by atoms with van der Waals surface area (Å²) in [6.45, 7) is 0. The number of nitrogens with two attached hydrogens (primary N) is 1. The van der Waals surface area contributed by atoms with Crippen LogP contribution in [-0.4, -0.2) is 10.2 Å². The lowest BCUT2D eigenvalue weighted by Gasteiger charge is -2.14. The fourth-order valence-corrected chi connectivity index (χ4v) is 4.34. The summed E-state index contributed by atoms with van der Waals surface area (Å²) < 4.78 is 13.2. The fourth-order valence-electron chi connectivity index (χ4n) is 3.73. The number of nitriles is 1. The lowest BCUT2D eigenvalue weighted by molar-refractivity contribution is 0.259. The van der Waals surface area contributed by atoms with Gasteiger partial charge in [-0.1, -0.05) is 24.3 Å². The molecule has 4 N–H and O–H groups in total. The SMILES string of the molecule is N#CNS(=O)c1ccccc1.NC(=O)Nc1c2c(cc3c1CCC3)CCC2. The van der Waals surface area contributed by atoms with Crippen molar-refractivity contribution in [1.29, 1.82) is 5.26 Å². The molecule has 0 saturated heterocycles. The first-order valence-electron chi connectivity index (χ1n) is 8.94. The smallest absolute Gasteiger partial charge is 0.316 e. The summed E-state index contributed by atoms with van der Waals surface area (Å²) in [5, 5.41) is 11.0. The lowest BCUT2D eigenvalue weighted by atomic mass is 9.99. The first kappa shape index (κ1) is 18.9. The Kier molecular flexibility index (Phi) is 6.09. The van der Waals surface area contributed by atoms with E-state index < -0.39 is 17.0 Å². The van der Waals surface area contributed by atoms with Crippen LogP contribution in [0.2, 0.25) is 0 Å². The van der Waals surface area contributed by atoms with E-state index in [0.717, 1.165) is 31.4 Å². The van der Waals surface area contributed by atoms with Gasteiger partial charge >= 0.3 is 6.03 Å². The van der Waals surface area contributed by atoms with Crippen molar-refractivity contribution in [2.24, 2.45) is 5.73 Å². The summed E-state index contributed by atoms with van der Waals surface area (Å²) >= 11 is 0. The molecule has 0 spiro atoms. The number of carbonyl (C=O) groups is 1. The Morgan fingerprint density at radius 2 is 1.63 bits per heavy atom. The second-order valence-electron chi connectivity index (χ2n) is 6.52. The van der Waals surface area contributed by atoms with E-state index in [1.807, 2.05) is 6.07 Å². The van der Waals surface area contributed by atoms with Crippen molar-refractivity contribution in [3.05, 3.63) is 58.7 Å². The molecule has 0 heterocycles. The molecular weight excluding hydrogens is 360 g/mol. The number of aryl methyl sites for hydroxylation is 2. The van der Waals surface area contributed by atoms with Crippen molar-refractivity contribution in [2.75, 3.05) is 5.32 Å². The highest BCUT2D eigenvalue weighted by atomic mass is 32.2. The Labute approximate surface area is 161 Å². The molecule has 2 aromatic rings. The van der Waals surface area contributed by atoms with E-state index in [0.29, 0.717) is 4.90 Å². The van der Waals surface area contributed by atoms with Crippen molar-refractivity contribution in [3.8, 4) is 6.19 Å². The van der Waals surface area contributed by atoms with Crippen LogP contribution >= 0.6 is 0 Å². The molecular formula is C20H22N4O2S. The molecule has 6 nitrogen and oxygen atoms in total. The van der Waals surface area contributed by atoms with Gasteiger partial charge in [0.2, 0.25) is 0 Å². The van der Waals surface area contributed by atoms with Gasteiger partial charge in [0.25, 0.3) is 0 Å². The van der Waals surface area contributed by atoms with Gasteiger partial charge in [0, 0.05) is 5.69 Å². The molecule has 0 saturated carbocycles. The number of amides is 2. The Hall–Kier alpha value is -2.85. The quantitative estimate of drug-likeness (QED) is 0.561. The van der Waals surface area contributed by atoms with Crippen LogP contribution in [0, 0.1) is 11.5 Å². The molecule has 0 aliphatic heterocycles. The minimum Gasteiger partial charge on any atom is -0.351 e. The normalized spacial score (nSPS) is 14.8. The first-order chi connectivity index (χ1) is 13.1. The Bertz CT molecular complexity index is 874. The number of urea groups is 1. The van der Waals surface area contributed by atoms with Gasteiger partial charge in [0.1, 0.15) is 0 Å². The molecule has 4 rings (SSSR count). The second-order valence-corrected chi connectivity index (χ2v) is 7.73. The predicted molar refractivity (Wildman–Crippen MR) is 105 cm³/mol. The maximum Gasteiger partial charge on any atom is 0.316 e. The van der Waals surface area contributed by atoms with Gasteiger partial charge in [0.05, 0.1) is 4.90 Å². The number of nitrogens with one attached hydrogen (secondary N) is 2. The van der Waals surface area contributed by atoms with Crippen molar-refractivity contribution in [1.82, 2.24) is 4.72 Å². The molecule has 0 aromatic heterocycles. The molecule has 27 heavy (non-hydrogen) atoms. The number of carbonyl (C=O) groups excluding carboxylic acids is 1. The molecule has 140 valence electrons. The summed E-state index contributed by atoms with van der Waals surface area (Å²) in [4.78, 5) is 11.7. The fraction of sp³-hybridized carbons (Fsp3) is 0.300. The van der Waals surface area contributed by atoms with E-state index in [4.69, 9.17) is 11.0 Å². The van der Waals surface area contributed by atoms with Gasteiger partial charge in [-0.2, -0.15) is 5.26 Å². The highest BCUT2D eigenvalue weighted by Gasteiger charge is 2.24. The average molecular weight is 382 g/mol. The number of benzene rings is 2. The van der Waals surface area contributed by atoms with E-state index >= 15 is 0 Å². The minimum absolute atomic E-state index is 0.436. The maximum atomic E-state index is 11.1. The molecule has 0 fully saturated rings. The topological polar surface area (TPSA) is 108 Å². The molecule has 2 amide bonds. The van der Waals surface area contributed by atoms with Crippen molar-refractivity contribution >= 4 is 22.7 Å². The highest BCUT2D eigenvalue weighted by Crippen LogP contribution is 2.38. The number of hydrogen-bond acceptors (Lipinski definition) is 3. The molecule has 0 bridgehead atoms. The number of fused-ring (bicyclic) bond motifs is 2. The molecule has 2 aliphatic carbocycles. The van der Waals surface area contributed by atoms with Crippen LogP contribution in [0.15, 0.2) is 41.3 Å². The first-order valence-corrected chi connectivity index (χ1v) is 10.1. The third-order valence-electron chi connectivity index (χ3n) is 4.82. The van der Waals surface area contributed by atoms with Crippen LogP contribution in [0.1, 0.15) is 35.1 Å². The van der Waals surface area contributed by atoms with Crippen LogP contribution in [0.3, 0.4) is 0 Å². The molecule has 1 atom stereocenters. The zero-order valence-electron chi connectivity index (χ0n) is 15.0. The number of anilines is 1. The Balaban J connectivity index is 0.000000168. The van der Waals surface area contributed by atoms with E-state index in [1.54, 1.807) is 30.5 Å². The van der Waals surface area contributed by atoms with Gasteiger partial charge in [-0.05, 0) is 72.9 Å². The summed E-state index contributed by atoms with van der Waals surface area (Å²) in [5.74, 6) is 0. The van der Waals surface area contributed by atoms with Gasteiger partial charge in [-0.3, -0.25) is 0 Å². The van der Waals surface area contributed by atoms with E-state index in [-0.39, 0.29) is 0 Å². The molecule has 0 radical (unpaired) electrons. The van der Waals surface area contributed by atoms with Crippen LogP contribution in [0.4, 0.5) is 10.5 Å². The summed E-state index contributed by atoms with van der Waals surface area (Å²) in [6, 6.07) is 10.7. The zero-order valence-corrected chi connectivity index (χ0v) is 15.8. The van der Waals surface area contributed by atoms with Crippen LogP contribution in [0.25, 0.3) is 0 Å². The summed E-state index contributed by atoms with van der Waals surface area (Å²) in [5.41, 5.74) is 11.8. The minimum atomic E-state index is -1.39. The Morgan fingerprint density at radius 1 is 1.04 bits per heavy atom. The predicted octanol–water partition coefficient (Wildman–Crippen LogP) is 2.93. The van der Waals surface area contributed by atoms with Gasteiger partial charge in [-0.15, -0.1) is 0 Å². The average Bonchev–Trinajstić information content (AvgIpc) is 3.32. The summed E-state index contributed by atoms with van der Waals surface area (Å²) in [6.07, 6.45) is 8.48. The van der Waals surface area contributed by atoms with Crippen LogP contribution in [0.5, 0.6) is 0 Å². The molecule has 7 heteroatoms. The molecule has 2 aliphatic rings.